The number of amides is 5. The number of phosphoric acid groups is 1. The number of nitrogens with zero attached hydrogens (tertiary/aromatic N) is 1. The molecule has 1 aromatic carbocycles. The highest BCUT2D eigenvalue weighted by molar-refractivity contribution is 9.14. The van der Waals surface area contributed by atoms with Crippen LogP contribution in [0.5, 0.6) is 0 Å². The molecule has 1 saturated heterocycles. The normalized spacial score (nSPS) is 31.8. The van der Waals surface area contributed by atoms with Crippen LogP contribution >= 0.6 is 51.0 Å². The number of allylic oxidation sites excluding steroid dienone is 4. The summed E-state index contributed by atoms with van der Waals surface area (Å²) >= 11 is 7.25. The largest absolute Gasteiger partial charge is 0.481 e. The van der Waals surface area contributed by atoms with Gasteiger partial charge in [-0.15, -0.1) is 11.3 Å². The van der Waals surface area contributed by atoms with Crippen LogP contribution in [0.2, 0.25) is 0 Å². The second-order valence-electron chi connectivity index (χ2n) is 19.2. The molecule has 4 aliphatic carbocycles. The summed E-state index contributed by atoms with van der Waals surface area (Å²) in [5.41, 5.74) is -6.71. The lowest BCUT2D eigenvalue weighted by Crippen LogP contribution is -2.70. The molecule has 2 aliphatic heterocycles. The van der Waals surface area contributed by atoms with Crippen molar-refractivity contribution in [3.63, 3.8) is 0 Å². The number of thiophene rings is 1. The number of rotatable bonds is 18. The lowest BCUT2D eigenvalue weighted by atomic mass is 9.44. The van der Waals surface area contributed by atoms with Crippen LogP contribution in [0.3, 0.4) is 0 Å². The Morgan fingerprint density at radius 1 is 0.986 bits per heavy atom. The fourth-order valence-electron chi connectivity index (χ4n) is 11.6. The van der Waals surface area contributed by atoms with Crippen LogP contribution in [0.1, 0.15) is 74.0 Å². The first kappa shape index (κ1) is 54.6. The number of carboxylic acid groups (broad SMARTS) is 1. The first-order valence-corrected chi connectivity index (χ1v) is 26.9. The van der Waals surface area contributed by atoms with Crippen molar-refractivity contribution in [2.75, 3.05) is 25.0 Å². The molecular weight excluding hydrogens is 1140 g/mol. The molecule has 0 bridgehead atoms. The zero-order valence-corrected chi connectivity index (χ0v) is 43.7. The van der Waals surface area contributed by atoms with Crippen molar-refractivity contribution >= 4 is 104 Å². The molecule has 8 rings (SSSR count). The average Bonchev–Trinajstić information content (AvgIpc) is 4.06. The van der Waals surface area contributed by atoms with Crippen molar-refractivity contribution in [1.82, 2.24) is 15.5 Å². The number of aliphatic carboxylic acids is 1. The number of anilines is 1. The van der Waals surface area contributed by atoms with E-state index in [0.717, 1.165) is 27.5 Å². The Kier molecular flexibility index (Phi) is 15.3. The molecule has 392 valence electrons. The van der Waals surface area contributed by atoms with Crippen molar-refractivity contribution in [3.8, 4) is 0 Å². The van der Waals surface area contributed by atoms with E-state index in [9.17, 15) is 62.9 Å². The van der Waals surface area contributed by atoms with Crippen LogP contribution < -0.4 is 16.0 Å². The molecule has 11 atom stereocenters. The van der Waals surface area contributed by atoms with Crippen LogP contribution in [0.15, 0.2) is 69.2 Å². The molecule has 0 spiro atoms. The van der Waals surface area contributed by atoms with Gasteiger partial charge >= 0.3 is 13.8 Å². The third kappa shape index (κ3) is 10.0. The van der Waals surface area contributed by atoms with Crippen molar-refractivity contribution in [1.29, 1.82) is 0 Å². The number of hydrogen-bond donors (Lipinski definition) is 7. The van der Waals surface area contributed by atoms with Gasteiger partial charge in [-0.05, 0) is 118 Å². The Hall–Kier alpha value is -4.69. The van der Waals surface area contributed by atoms with Gasteiger partial charge in [-0.1, -0.05) is 25.1 Å². The molecule has 1 aromatic heterocycles. The number of nitrogens with one attached hydrogen (secondary N) is 3. The predicted octanol–water partition coefficient (Wildman–Crippen LogP) is 4.26. The quantitative estimate of drug-likeness (QED) is 0.0810. The summed E-state index contributed by atoms with van der Waals surface area (Å²) in [6.45, 7) is 1.08. The number of halogens is 4. The van der Waals surface area contributed by atoms with Crippen molar-refractivity contribution in [2.45, 2.75) is 101 Å². The second-order valence-corrected chi connectivity index (χ2v) is 23.3. The third-order valence-corrected chi connectivity index (χ3v) is 18.6. The molecule has 4 fully saturated rings. The minimum absolute atomic E-state index is 0.00971. The minimum atomic E-state index is -5.19. The maximum Gasteiger partial charge on any atom is 0.470 e. The molecular formula is C47H49Br2F2N4O16PS. The van der Waals surface area contributed by atoms with Crippen LogP contribution in [0.25, 0.3) is 0 Å². The molecule has 5 amide bonds. The van der Waals surface area contributed by atoms with Crippen molar-refractivity contribution < 1.29 is 85.7 Å². The van der Waals surface area contributed by atoms with E-state index >= 15 is 8.78 Å². The maximum absolute atomic E-state index is 17.9. The fraction of sp³-hybridized carbons (Fsp3) is 0.489. The first-order valence-electron chi connectivity index (χ1n) is 22.9. The number of imide groups is 1. The van der Waals surface area contributed by atoms with Crippen LogP contribution in [0, 0.1) is 22.7 Å². The number of ketones is 2. The molecule has 73 heavy (non-hydrogen) atoms. The SMILES string of the molecule is C[C@]12C=CC(=O)C=C1[C@@H](F)C[C@H]1[C@@H]3C[C@H]4O[C@@H](c5ccc(Cc6ccc(NC(=O)[C@H](CCC(=O)O)NC(=O)CNC(=O)CCN7C(=O)C(Br)=C(Br)C7=O)cc6)s5)O[C@@]4(C(=O)COP(=O)(O)O)[C@@]3(C)C[C@H](O)[C@@]12F. The first-order chi connectivity index (χ1) is 34.2. The summed E-state index contributed by atoms with van der Waals surface area (Å²) in [5.74, 6) is -8.20. The molecule has 20 nitrogen and oxygen atoms in total. The number of phosphoric ester groups is 1. The van der Waals surface area contributed by atoms with E-state index in [0.29, 0.717) is 17.0 Å². The average molecular weight is 1190 g/mol. The van der Waals surface area contributed by atoms with E-state index in [4.69, 9.17) is 9.47 Å². The lowest BCUT2D eigenvalue weighted by molar-refractivity contribution is -0.234. The van der Waals surface area contributed by atoms with E-state index in [1.54, 1.807) is 43.3 Å². The van der Waals surface area contributed by atoms with Crippen LogP contribution in [-0.4, -0.2) is 127 Å². The van der Waals surface area contributed by atoms with Gasteiger partial charge in [0.2, 0.25) is 17.7 Å². The summed E-state index contributed by atoms with van der Waals surface area (Å²) in [6.07, 6.45) is -4.01. The van der Waals surface area contributed by atoms with E-state index in [1.165, 1.54) is 24.3 Å². The van der Waals surface area contributed by atoms with Gasteiger partial charge < -0.3 is 45.4 Å². The summed E-state index contributed by atoms with van der Waals surface area (Å²) < 4.78 is 63.6. The minimum Gasteiger partial charge on any atom is -0.481 e. The monoisotopic (exact) mass is 1180 g/mol. The third-order valence-electron chi connectivity index (χ3n) is 15.0. The number of aliphatic hydroxyl groups excluding tert-OH is 1. The van der Waals surface area contributed by atoms with E-state index in [2.05, 4.69) is 52.3 Å². The number of aliphatic hydroxyl groups is 1. The van der Waals surface area contributed by atoms with Gasteiger partial charge in [0.15, 0.2) is 29.1 Å². The van der Waals surface area contributed by atoms with Crippen molar-refractivity contribution in [2.24, 2.45) is 22.7 Å². The number of ether oxygens (including phenoxy) is 2. The summed E-state index contributed by atoms with van der Waals surface area (Å²) in [6, 6.07) is 8.76. The topological polar surface area (TPSA) is 302 Å². The zero-order chi connectivity index (χ0) is 53.2. The Bertz CT molecular complexity index is 2800. The van der Waals surface area contributed by atoms with Gasteiger partial charge in [-0.25, -0.2) is 13.3 Å². The summed E-state index contributed by atoms with van der Waals surface area (Å²) in [4.78, 5) is 122. The number of carbonyl (C=O) groups excluding carboxylic acids is 7. The van der Waals surface area contributed by atoms with Gasteiger partial charge in [0, 0.05) is 53.1 Å². The molecule has 0 unspecified atom stereocenters. The standard InChI is InChI=1S/C47H49Br2F2N4O16PS/c1-44-13-11-24(56)16-28(44)29(50)17-27-26-18-34-47(33(58)21-69-72(66,67)68,45(26,2)19-32(57)46(27,44)51)71-43(70-34)31-9-7-25(73-31)15-22-3-5-23(6-4-22)53-40(63)30(8-10-37(61)62)54-36(60)20-52-35(59)12-14-55-41(64)38(48)39(49)42(55)65/h3-7,9,11,13,16,26-27,29-30,32,34,43,57H,8,10,12,14-15,17-21H2,1-2H3,(H,52,59)(H,53,63)(H,54,60)(H,61,62)(H2,66,67,68)/t26-,27-,29-,30-,32-,34+,43+,44-,45-,46-,47+/m0/s1. The molecule has 0 radical (unpaired) electrons. The van der Waals surface area contributed by atoms with Gasteiger partial charge in [-0.3, -0.25) is 47.8 Å². The van der Waals surface area contributed by atoms with Crippen molar-refractivity contribution in [3.05, 3.63) is 84.5 Å². The van der Waals surface area contributed by atoms with Gasteiger partial charge in [0.1, 0.15) is 27.8 Å². The maximum atomic E-state index is 17.9. The highest BCUT2D eigenvalue weighted by Crippen LogP contribution is 2.73. The Labute approximate surface area is 435 Å². The van der Waals surface area contributed by atoms with E-state index in [1.807, 2.05) is 0 Å². The zero-order valence-electron chi connectivity index (χ0n) is 38.8. The van der Waals surface area contributed by atoms with Crippen LogP contribution in [0.4, 0.5) is 14.5 Å². The highest BCUT2D eigenvalue weighted by atomic mass is 79.9. The molecule has 3 saturated carbocycles. The van der Waals surface area contributed by atoms with E-state index < -0.39 is 152 Å². The van der Waals surface area contributed by atoms with Crippen LogP contribution in [-0.2, 0) is 63.3 Å². The predicted molar refractivity (Wildman–Crippen MR) is 259 cm³/mol. The number of carbonyl (C=O) groups is 8. The lowest BCUT2D eigenvalue weighted by Gasteiger charge is -2.63. The smallest absolute Gasteiger partial charge is 0.470 e. The molecule has 6 aliphatic rings. The molecule has 3 heterocycles. The molecule has 7 N–H and O–H groups in total. The van der Waals surface area contributed by atoms with Gasteiger partial charge in [-0.2, -0.15) is 0 Å². The number of Topliss-reactive ketones (excluding diaryl/α,β-unsaturated/α-hetero) is 1. The highest BCUT2D eigenvalue weighted by Gasteiger charge is 2.80. The number of benzene rings is 1. The number of alkyl halides is 2. The summed E-state index contributed by atoms with van der Waals surface area (Å²) in [5, 5.41) is 28.6. The molecule has 26 heteroatoms. The Morgan fingerprint density at radius 2 is 1.67 bits per heavy atom. The Morgan fingerprint density at radius 3 is 2.33 bits per heavy atom. The Balaban J connectivity index is 0.913. The van der Waals surface area contributed by atoms with Gasteiger partial charge in [0.05, 0.1) is 23.6 Å². The number of hydrogen-bond acceptors (Lipinski definition) is 14. The number of fused-ring (bicyclic) bond motifs is 7. The molecule has 2 aromatic rings. The second kappa shape index (κ2) is 20.4. The number of carboxylic acids is 1. The fourth-order valence-corrected chi connectivity index (χ4v) is 13.6. The van der Waals surface area contributed by atoms with Gasteiger partial charge in [0.25, 0.3) is 11.8 Å². The summed E-state index contributed by atoms with van der Waals surface area (Å²) in [7, 11) is -5.19. The van der Waals surface area contributed by atoms with E-state index in [-0.39, 0.29) is 40.3 Å².